The predicted molar refractivity (Wildman–Crippen MR) is 152 cm³/mol. The number of nitrogens with one attached hydrogen (secondary N) is 1. The van der Waals surface area contributed by atoms with Gasteiger partial charge >= 0.3 is 0 Å². The normalized spacial score (nSPS) is 29.4. The van der Waals surface area contributed by atoms with Gasteiger partial charge in [-0.05, 0) is 68.3 Å². The van der Waals surface area contributed by atoms with Crippen LogP contribution in [0.15, 0.2) is 23.0 Å². The van der Waals surface area contributed by atoms with Gasteiger partial charge in [0.15, 0.2) is 11.4 Å². The zero-order chi connectivity index (χ0) is 30.0. The summed E-state index contributed by atoms with van der Waals surface area (Å²) in [4.78, 5) is 40.7. The summed E-state index contributed by atoms with van der Waals surface area (Å²) in [6.45, 7) is 3.48. The minimum atomic E-state index is -2.66. The van der Waals surface area contributed by atoms with Crippen molar-refractivity contribution in [1.82, 2.24) is 10.2 Å². The zero-order valence-corrected chi connectivity index (χ0v) is 24.3. The third-order valence-electron chi connectivity index (χ3n) is 9.66. The standard InChI is InChI=1S/C30H38ClN3O7/c1-29(7-5-4-6-8-29)13-33-12-15-11-18(35)20-16(22(15)31)9-14-10-17-23(34(2)3)25(37)21(28(32)40)27(39)30(17,41)26(38)19(14)24(20)36/h11,14,17,23,33,35-36,39,41H,4-10,12-13H2,1-3H3,(H2,32,40)/t14-,17-,23-,30-/m0/s1. The number of hydrogen-bond acceptors (Lipinski definition) is 9. The Morgan fingerprint density at radius 1 is 1.17 bits per heavy atom. The van der Waals surface area contributed by atoms with Crippen LogP contribution in [-0.4, -0.2) is 75.1 Å². The third-order valence-corrected chi connectivity index (χ3v) is 10.1. The van der Waals surface area contributed by atoms with E-state index >= 15 is 0 Å². The summed E-state index contributed by atoms with van der Waals surface area (Å²) < 4.78 is 0. The Kier molecular flexibility index (Phi) is 7.51. The van der Waals surface area contributed by atoms with Crippen molar-refractivity contribution < 1.29 is 34.8 Å². The maximum Gasteiger partial charge on any atom is 0.255 e. The lowest BCUT2D eigenvalue weighted by Gasteiger charge is -2.50. The van der Waals surface area contributed by atoms with Gasteiger partial charge in [-0.2, -0.15) is 0 Å². The van der Waals surface area contributed by atoms with Crippen LogP contribution >= 0.6 is 11.6 Å². The van der Waals surface area contributed by atoms with Gasteiger partial charge in [0.05, 0.1) is 11.6 Å². The van der Waals surface area contributed by atoms with E-state index in [1.165, 1.54) is 30.2 Å². The summed E-state index contributed by atoms with van der Waals surface area (Å²) in [6, 6.07) is 0.330. The van der Waals surface area contributed by atoms with Crippen LogP contribution in [0.25, 0.3) is 5.76 Å². The summed E-state index contributed by atoms with van der Waals surface area (Å²) in [5.74, 6) is -6.81. The molecule has 0 radical (unpaired) electrons. The number of ketones is 2. The van der Waals surface area contributed by atoms with Crippen molar-refractivity contribution in [3.8, 4) is 5.75 Å². The van der Waals surface area contributed by atoms with Crippen molar-refractivity contribution in [1.29, 1.82) is 0 Å². The van der Waals surface area contributed by atoms with E-state index in [4.69, 9.17) is 17.3 Å². The molecule has 5 rings (SSSR count). The number of carbonyl (C=O) groups excluding carboxylic acids is 3. The van der Waals surface area contributed by atoms with E-state index in [9.17, 15) is 34.8 Å². The average molecular weight is 588 g/mol. The minimum absolute atomic E-state index is 0.00529. The lowest BCUT2D eigenvalue weighted by atomic mass is 9.57. The highest BCUT2D eigenvalue weighted by Crippen LogP contribution is 2.53. The molecule has 222 valence electrons. The number of phenolic OH excluding ortho intramolecular Hbond substituents is 1. The van der Waals surface area contributed by atoms with Crippen molar-refractivity contribution >= 4 is 34.8 Å². The third kappa shape index (κ3) is 4.56. The van der Waals surface area contributed by atoms with Crippen molar-refractivity contribution in [3.05, 3.63) is 44.7 Å². The maximum absolute atomic E-state index is 13.9. The first kappa shape index (κ1) is 29.6. The largest absolute Gasteiger partial charge is 0.508 e. The molecule has 41 heavy (non-hydrogen) atoms. The summed E-state index contributed by atoms with van der Waals surface area (Å²) in [6.07, 6.45) is 6.15. The van der Waals surface area contributed by atoms with E-state index in [2.05, 4.69) is 12.2 Å². The number of carbonyl (C=O) groups is 3. The first-order valence-electron chi connectivity index (χ1n) is 14.1. The molecule has 0 aromatic heterocycles. The highest BCUT2D eigenvalue weighted by molar-refractivity contribution is 6.32. The zero-order valence-electron chi connectivity index (χ0n) is 23.6. The van der Waals surface area contributed by atoms with E-state index in [1.807, 2.05) is 0 Å². The number of amides is 1. The lowest BCUT2D eigenvalue weighted by molar-refractivity contribution is -0.153. The Labute approximate surface area is 243 Å². The van der Waals surface area contributed by atoms with Gasteiger partial charge in [-0.1, -0.05) is 37.8 Å². The topological polar surface area (TPSA) is 173 Å². The van der Waals surface area contributed by atoms with Gasteiger partial charge in [0, 0.05) is 29.6 Å². The van der Waals surface area contributed by atoms with Gasteiger partial charge in [-0.15, -0.1) is 0 Å². The number of likely N-dealkylation sites (N-methyl/N-ethyl adjacent to an activating group) is 1. The van der Waals surface area contributed by atoms with Crippen LogP contribution in [0.1, 0.15) is 62.1 Å². The second-order valence-electron chi connectivity index (χ2n) is 12.7. The summed E-state index contributed by atoms with van der Waals surface area (Å²) in [5, 5.41) is 48.8. The molecule has 0 heterocycles. The first-order valence-corrected chi connectivity index (χ1v) is 14.5. The van der Waals surface area contributed by atoms with Crippen molar-refractivity contribution in [2.24, 2.45) is 23.0 Å². The summed E-state index contributed by atoms with van der Waals surface area (Å²) in [5.41, 5.74) is 2.99. The number of aliphatic hydroxyl groups excluding tert-OH is 2. The van der Waals surface area contributed by atoms with Crippen molar-refractivity contribution in [2.75, 3.05) is 20.6 Å². The van der Waals surface area contributed by atoms with Crippen LogP contribution in [0.5, 0.6) is 5.75 Å². The molecule has 1 aromatic carbocycles. The van der Waals surface area contributed by atoms with Crippen LogP contribution in [0, 0.1) is 17.3 Å². The van der Waals surface area contributed by atoms with Gasteiger partial charge < -0.3 is 31.5 Å². The molecule has 0 unspecified atom stereocenters. The van der Waals surface area contributed by atoms with Crippen LogP contribution in [-0.2, 0) is 27.3 Å². The van der Waals surface area contributed by atoms with Crippen LogP contribution in [0.2, 0.25) is 5.02 Å². The number of hydrogen-bond donors (Lipinski definition) is 6. The highest BCUT2D eigenvalue weighted by Gasteiger charge is 2.64. The van der Waals surface area contributed by atoms with Crippen LogP contribution < -0.4 is 11.1 Å². The molecule has 1 amide bonds. The molecule has 0 saturated heterocycles. The molecule has 1 aromatic rings. The van der Waals surface area contributed by atoms with Crippen LogP contribution in [0.3, 0.4) is 0 Å². The molecule has 0 spiro atoms. The van der Waals surface area contributed by atoms with Crippen molar-refractivity contribution in [3.63, 3.8) is 0 Å². The molecule has 4 aliphatic rings. The van der Waals surface area contributed by atoms with E-state index in [-0.39, 0.29) is 35.1 Å². The molecular weight excluding hydrogens is 550 g/mol. The van der Waals surface area contributed by atoms with Gasteiger partial charge in [-0.25, -0.2) is 0 Å². The molecule has 7 N–H and O–H groups in total. The number of phenols is 1. The average Bonchev–Trinajstić information content (AvgIpc) is 2.88. The molecule has 2 fully saturated rings. The molecule has 11 heteroatoms. The number of rotatable bonds is 6. The number of Topliss-reactive ketones (excluding diaryl/α,β-unsaturated/α-hetero) is 2. The summed E-state index contributed by atoms with van der Waals surface area (Å²) >= 11 is 6.85. The molecule has 0 bridgehead atoms. The monoisotopic (exact) mass is 587 g/mol. The Morgan fingerprint density at radius 2 is 1.83 bits per heavy atom. The quantitative estimate of drug-likeness (QED) is 0.273. The predicted octanol–water partition coefficient (Wildman–Crippen LogP) is 2.68. The lowest BCUT2D eigenvalue weighted by Crippen LogP contribution is -2.65. The van der Waals surface area contributed by atoms with Gasteiger partial charge in [-0.3, -0.25) is 19.3 Å². The van der Waals surface area contributed by atoms with E-state index in [1.54, 1.807) is 14.1 Å². The summed E-state index contributed by atoms with van der Waals surface area (Å²) in [7, 11) is 3.13. The van der Waals surface area contributed by atoms with E-state index in [0.717, 1.165) is 19.4 Å². The fourth-order valence-electron chi connectivity index (χ4n) is 7.56. The number of aromatic hydroxyl groups is 1. The SMILES string of the molecule is CN(C)[C@@H]1C(=O)C(C(N)=O)=C(O)[C@@]2(O)C(=O)C3=C(O)c4c(O)cc(CNCC5(C)CCCCC5)c(Cl)c4C[C@H]3C[C@@H]12. The number of fused-ring (bicyclic) bond motifs is 3. The van der Waals surface area contributed by atoms with Crippen molar-refractivity contribution in [2.45, 2.75) is 70.1 Å². The van der Waals surface area contributed by atoms with Gasteiger partial charge in [0.1, 0.15) is 22.8 Å². The van der Waals surface area contributed by atoms with E-state index in [0.29, 0.717) is 22.7 Å². The number of primary amides is 1. The number of nitrogens with zero attached hydrogens (tertiary/aromatic N) is 1. The molecule has 4 atom stereocenters. The Balaban J connectivity index is 1.53. The molecule has 0 aliphatic heterocycles. The fraction of sp³-hybridized carbons (Fsp3) is 0.567. The van der Waals surface area contributed by atoms with Crippen LogP contribution in [0.4, 0.5) is 0 Å². The molecule has 2 saturated carbocycles. The second kappa shape index (κ2) is 10.4. The first-order chi connectivity index (χ1) is 19.2. The number of aliphatic hydroxyl groups is 3. The van der Waals surface area contributed by atoms with Gasteiger partial charge in [0.25, 0.3) is 5.91 Å². The Morgan fingerprint density at radius 3 is 2.44 bits per heavy atom. The minimum Gasteiger partial charge on any atom is -0.508 e. The molecule has 10 nitrogen and oxygen atoms in total. The number of halogens is 1. The van der Waals surface area contributed by atoms with E-state index < -0.39 is 58.0 Å². The fourth-order valence-corrected chi connectivity index (χ4v) is 7.85. The highest BCUT2D eigenvalue weighted by atomic mass is 35.5. The Bertz CT molecular complexity index is 1390. The maximum atomic E-state index is 13.9. The molecular formula is C30H38ClN3O7. The number of nitrogens with two attached hydrogens (primary N) is 1. The molecule has 4 aliphatic carbocycles. The van der Waals surface area contributed by atoms with Gasteiger partial charge in [0.2, 0.25) is 5.78 Å². The smallest absolute Gasteiger partial charge is 0.255 e. The Hall–Kier alpha value is -2.92. The second-order valence-corrected chi connectivity index (χ2v) is 13.0. The number of benzene rings is 1.